The molecule has 4 rings (SSSR count). The third-order valence-corrected chi connectivity index (χ3v) is 7.18. The van der Waals surface area contributed by atoms with Gasteiger partial charge in [0.1, 0.15) is 11.6 Å². The molecular weight excluding hydrogens is 514 g/mol. The minimum absolute atomic E-state index is 0.123. The molecule has 2 aromatic carbocycles. The lowest BCUT2D eigenvalue weighted by molar-refractivity contribution is -0.140. The normalized spacial score (nSPS) is 17.8. The van der Waals surface area contributed by atoms with E-state index in [0.717, 1.165) is 23.3 Å². The second-order valence-electron chi connectivity index (χ2n) is 10.9. The van der Waals surface area contributed by atoms with Gasteiger partial charge >= 0.3 is 18.0 Å². The standard InChI is InChI=1S/C29H35N5O6/c1-18(15-24(35)36)30-25(37)23(16-19-9-10-19)34-26(38)29(2,3)33(28(34)40)17-20-11-13-22(14-12-20)32-27(39)31-21-7-5-4-6-8-21/h4-8,11-14,18-19,23H,9-10,15-17H2,1-3H3,(H,30,37)(H,35,36)(H2,31,32,39). The summed E-state index contributed by atoms with van der Waals surface area (Å²) in [7, 11) is 0. The van der Waals surface area contributed by atoms with E-state index in [1.807, 2.05) is 18.2 Å². The molecule has 2 aliphatic rings. The van der Waals surface area contributed by atoms with Crippen molar-refractivity contribution < 1.29 is 29.1 Å². The molecule has 6 amide bonds. The van der Waals surface area contributed by atoms with Crippen molar-refractivity contribution in [2.45, 2.75) is 70.6 Å². The first kappa shape index (κ1) is 28.6. The Labute approximate surface area is 232 Å². The topological polar surface area (TPSA) is 148 Å². The number of benzene rings is 2. The van der Waals surface area contributed by atoms with Crippen LogP contribution in [-0.2, 0) is 20.9 Å². The van der Waals surface area contributed by atoms with Crippen LogP contribution in [0.5, 0.6) is 0 Å². The Hall–Kier alpha value is -4.41. The van der Waals surface area contributed by atoms with Crippen LogP contribution < -0.4 is 16.0 Å². The van der Waals surface area contributed by atoms with Gasteiger partial charge in [0.15, 0.2) is 0 Å². The summed E-state index contributed by atoms with van der Waals surface area (Å²) in [4.78, 5) is 66.1. The van der Waals surface area contributed by atoms with E-state index in [-0.39, 0.29) is 18.9 Å². The molecule has 1 saturated carbocycles. The summed E-state index contributed by atoms with van der Waals surface area (Å²) in [6.45, 7) is 5.00. The van der Waals surface area contributed by atoms with E-state index in [9.17, 15) is 24.0 Å². The van der Waals surface area contributed by atoms with Crippen molar-refractivity contribution in [1.29, 1.82) is 0 Å². The third kappa shape index (κ3) is 6.77. The van der Waals surface area contributed by atoms with Gasteiger partial charge in [-0.25, -0.2) is 14.5 Å². The number of carbonyl (C=O) groups is 5. The lowest BCUT2D eigenvalue weighted by Gasteiger charge is -2.28. The Morgan fingerprint density at radius 3 is 2.15 bits per heavy atom. The van der Waals surface area contributed by atoms with E-state index in [2.05, 4.69) is 16.0 Å². The highest BCUT2D eigenvalue weighted by Gasteiger charge is 2.55. The minimum atomic E-state index is -1.20. The molecule has 2 atom stereocenters. The molecule has 1 aliphatic heterocycles. The summed E-state index contributed by atoms with van der Waals surface area (Å²) in [6, 6.07) is 13.4. The maximum atomic E-state index is 13.6. The van der Waals surface area contributed by atoms with E-state index < -0.39 is 47.5 Å². The van der Waals surface area contributed by atoms with Gasteiger partial charge in [0.25, 0.3) is 5.91 Å². The van der Waals surface area contributed by atoms with Gasteiger partial charge in [-0.3, -0.25) is 14.4 Å². The first-order valence-corrected chi connectivity index (χ1v) is 13.3. The van der Waals surface area contributed by atoms with Gasteiger partial charge in [0.2, 0.25) is 5.91 Å². The number of hydrogen-bond donors (Lipinski definition) is 4. The highest BCUT2D eigenvalue weighted by Crippen LogP contribution is 2.38. The molecule has 1 saturated heterocycles. The number of rotatable bonds is 11. The summed E-state index contributed by atoms with van der Waals surface area (Å²) in [6.07, 6.45) is 1.92. The van der Waals surface area contributed by atoms with Gasteiger partial charge in [-0.1, -0.05) is 43.2 Å². The predicted molar refractivity (Wildman–Crippen MR) is 148 cm³/mol. The number of para-hydroxylation sites is 1. The number of carboxylic acid groups (broad SMARTS) is 1. The van der Waals surface area contributed by atoms with E-state index in [1.54, 1.807) is 57.2 Å². The smallest absolute Gasteiger partial charge is 0.328 e. The molecule has 0 bridgehead atoms. The number of aliphatic carboxylic acids is 1. The Kier molecular flexibility index (Phi) is 8.41. The van der Waals surface area contributed by atoms with Crippen LogP contribution in [-0.4, -0.2) is 62.4 Å². The summed E-state index contributed by atoms with van der Waals surface area (Å²) in [5.41, 5.74) is 0.755. The SMILES string of the molecule is CC(CC(=O)O)NC(=O)C(CC1CC1)N1C(=O)N(Cc2ccc(NC(=O)Nc3ccccc3)cc2)C(C)(C)C1=O. The quantitative estimate of drug-likeness (QED) is 0.311. The van der Waals surface area contributed by atoms with Crippen LogP contribution in [0.15, 0.2) is 54.6 Å². The largest absolute Gasteiger partial charge is 0.481 e. The Balaban J connectivity index is 1.44. The van der Waals surface area contributed by atoms with Crippen molar-refractivity contribution in [3.8, 4) is 0 Å². The number of hydrogen-bond acceptors (Lipinski definition) is 5. The number of carboxylic acids is 1. The third-order valence-electron chi connectivity index (χ3n) is 7.18. The minimum Gasteiger partial charge on any atom is -0.481 e. The van der Waals surface area contributed by atoms with Crippen molar-refractivity contribution in [3.63, 3.8) is 0 Å². The number of nitrogens with one attached hydrogen (secondary N) is 3. The molecule has 1 aliphatic carbocycles. The highest BCUT2D eigenvalue weighted by atomic mass is 16.4. The molecule has 212 valence electrons. The van der Waals surface area contributed by atoms with Crippen LogP contribution in [0.4, 0.5) is 21.0 Å². The fraction of sp³-hybridized carbons (Fsp3) is 0.414. The fourth-order valence-electron chi connectivity index (χ4n) is 4.75. The number of amides is 6. The summed E-state index contributed by atoms with van der Waals surface area (Å²) in [5, 5.41) is 17.2. The van der Waals surface area contributed by atoms with Crippen LogP contribution in [0, 0.1) is 5.92 Å². The lowest BCUT2D eigenvalue weighted by Crippen LogP contribution is -2.52. The van der Waals surface area contributed by atoms with E-state index in [4.69, 9.17) is 5.11 Å². The molecular formula is C29H35N5O6. The molecule has 4 N–H and O–H groups in total. The average Bonchev–Trinajstić information content (AvgIpc) is 3.69. The molecule has 1 heterocycles. The van der Waals surface area contributed by atoms with Gasteiger partial charge in [-0.2, -0.15) is 0 Å². The lowest BCUT2D eigenvalue weighted by atomic mass is 10.0. The van der Waals surface area contributed by atoms with Gasteiger partial charge in [-0.15, -0.1) is 0 Å². The first-order chi connectivity index (χ1) is 19.0. The Morgan fingerprint density at radius 1 is 0.975 bits per heavy atom. The van der Waals surface area contributed by atoms with Crippen LogP contribution in [0.25, 0.3) is 0 Å². The number of anilines is 2. The van der Waals surface area contributed by atoms with E-state index in [0.29, 0.717) is 17.8 Å². The van der Waals surface area contributed by atoms with Crippen molar-refractivity contribution in [2.75, 3.05) is 10.6 Å². The monoisotopic (exact) mass is 549 g/mol. The Bertz CT molecular complexity index is 1280. The Morgan fingerprint density at radius 2 is 1.57 bits per heavy atom. The first-order valence-electron chi connectivity index (χ1n) is 13.3. The average molecular weight is 550 g/mol. The van der Waals surface area contributed by atoms with Crippen molar-refractivity contribution >= 4 is 41.2 Å². The van der Waals surface area contributed by atoms with Crippen LogP contribution in [0.2, 0.25) is 0 Å². The van der Waals surface area contributed by atoms with Gasteiger partial charge in [-0.05, 0) is 62.9 Å². The number of imide groups is 1. The molecule has 2 aromatic rings. The number of urea groups is 2. The molecule has 11 nitrogen and oxygen atoms in total. The van der Waals surface area contributed by atoms with E-state index >= 15 is 0 Å². The zero-order valence-electron chi connectivity index (χ0n) is 22.8. The van der Waals surface area contributed by atoms with Crippen LogP contribution in [0.3, 0.4) is 0 Å². The molecule has 0 radical (unpaired) electrons. The van der Waals surface area contributed by atoms with Crippen LogP contribution >= 0.6 is 0 Å². The zero-order valence-corrected chi connectivity index (χ0v) is 22.8. The van der Waals surface area contributed by atoms with Crippen LogP contribution in [0.1, 0.15) is 52.0 Å². The maximum Gasteiger partial charge on any atom is 0.328 e. The molecule has 0 aromatic heterocycles. The number of carbonyl (C=O) groups excluding carboxylic acids is 4. The summed E-state index contributed by atoms with van der Waals surface area (Å²) < 4.78 is 0. The van der Waals surface area contributed by atoms with Crippen molar-refractivity contribution in [1.82, 2.24) is 15.1 Å². The second-order valence-corrected chi connectivity index (χ2v) is 10.9. The fourth-order valence-corrected chi connectivity index (χ4v) is 4.75. The maximum absolute atomic E-state index is 13.6. The highest BCUT2D eigenvalue weighted by molar-refractivity contribution is 6.09. The molecule has 2 fully saturated rings. The zero-order chi connectivity index (χ0) is 29.0. The van der Waals surface area contributed by atoms with Crippen molar-refractivity contribution in [2.24, 2.45) is 5.92 Å². The number of nitrogens with zero attached hydrogens (tertiary/aromatic N) is 2. The second kappa shape index (κ2) is 11.8. The molecule has 2 unspecified atom stereocenters. The van der Waals surface area contributed by atoms with E-state index in [1.165, 1.54) is 4.90 Å². The summed E-state index contributed by atoms with van der Waals surface area (Å²) in [5.74, 6) is -1.81. The molecule has 40 heavy (non-hydrogen) atoms. The predicted octanol–water partition coefficient (Wildman–Crippen LogP) is 4.02. The summed E-state index contributed by atoms with van der Waals surface area (Å²) >= 11 is 0. The van der Waals surface area contributed by atoms with Gasteiger partial charge < -0.3 is 26.0 Å². The molecule has 11 heteroatoms. The van der Waals surface area contributed by atoms with Gasteiger partial charge in [0.05, 0.1) is 6.42 Å². The van der Waals surface area contributed by atoms with Crippen molar-refractivity contribution in [3.05, 3.63) is 60.2 Å². The molecule has 0 spiro atoms. The van der Waals surface area contributed by atoms with Gasteiger partial charge in [0, 0.05) is 24.0 Å².